The van der Waals surface area contributed by atoms with Crippen molar-refractivity contribution in [3.63, 3.8) is 0 Å². The number of alkyl halides is 6. The number of halogens is 6. The number of fused-ring (bicyclic) bond motifs is 2. The number of rotatable bonds is 2. The minimum absolute atomic E-state index is 0.115. The van der Waals surface area contributed by atoms with Gasteiger partial charge in [0.1, 0.15) is 0 Å². The Morgan fingerprint density at radius 3 is 1.74 bits per heavy atom. The smallest absolute Gasteiger partial charge is 0.374 e. The van der Waals surface area contributed by atoms with Gasteiger partial charge in [-0.05, 0) is 49.4 Å². The molecule has 2 rings (SSSR count). The van der Waals surface area contributed by atoms with Crippen molar-refractivity contribution < 1.29 is 31.4 Å². The Morgan fingerprint density at radius 2 is 1.42 bits per heavy atom. The first kappa shape index (κ1) is 14.9. The summed E-state index contributed by atoms with van der Waals surface area (Å²) in [6.07, 6.45) is -10.9. The van der Waals surface area contributed by atoms with E-state index in [0.717, 1.165) is 0 Å². The zero-order valence-corrected chi connectivity index (χ0v) is 10.4. The summed E-state index contributed by atoms with van der Waals surface area (Å²) in [5, 5.41) is 9.19. The predicted molar refractivity (Wildman–Crippen MR) is 55.2 cm³/mol. The van der Waals surface area contributed by atoms with Crippen LogP contribution in [-0.4, -0.2) is 23.1 Å². The Bertz CT molecular complexity index is 331. The van der Waals surface area contributed by atoms with Crippen LogP contribution < -0.4 is 0 Å². The minimum atomic E-state index is -5.68. The third-order valence-electron chi connectivity index (χ3n) is 4.85. The lowest BCUT2D eigenvalue weighted by Crippen LogP contribution is -2.58. The van der Waals surface area contributed by atoms with E-state index in [4.69, 9.17) is 0 Å². The summed E-state index contributed by atoms with van der Waals surface area (Å²) >= 11 is 0. The molecule has 3 unspecified atom stereocenters. The average Bonchev–Trinajstić information content (AvgIpc) is 2.72. The Balaban J connectivity index is 2.16. The van der Waals surface area contributed by atoms with E-state index in [2.05, 4.69) is 0 Å². The largest absolute Gasteiger partial charge is 0.426 e. The van der Waals surface area contributed by atoms with Crippen molar-refractivity contribution in [1.82, 2.24) is 0 Å². The highest BCUT2D eigenvalue weighted by atomic mass is 19.4. The molecule has 2 saturated carbocycles. The average molecular weight is 290 g/mol. The molecule has 0 heterocycles. The van der Waals surface area contributed by atoms with E-state index in [9.17, 15) is 31.4 Å². The van der Waals surface area contributed by atoms with Gasteiger partial charge < -0.3 is 5.11 Å². The first-order chi connectivity index (χ1) is 8.46. The van der Waals surface area contributed by atoms with Gasteiger partial charge in [-0.15, -0.1) is 0 Å². The van der Waals surface area contributed by atoms with Crippen molar-refractivity contribution in [1.29, 1.82) is 0 Å². The Kier molecular flexibility index (Phi) is 3.35. The van der Waals surface area contributed by atoms with Crippen LogP contribution in [-0.2, 0) is 0 Å². The van der Waals surface area contributed by atoms with Gasteiger partial charge in [-0.2, -0.15) is 26.3 Å². The van der Waals surface area contributed by atoms with Crippen molar-refractivity contribution >= 4 is 0 Å². The van der Waals surface area contributed by atoms with Crippen molar-refractivity contribution in [2.45, 2.75) is 50.6 Å². The zero-order valence-electron chi connectivity index (χ0n) is 10.4. The molecule has 2 bridgehead atoms. The van der Waals surface area contributed by atoms with Gasteiger partial charge >= 0.3 is 12.4 Å². The molecule has 0 spiro atoms. The molecule has 1 nitrogen and oxygen atoms in total. The van der Waals surface area contributed by atoms with Crippen LogP contribution in [0.25, 0.3) is 0 Å². The topological polar surface area (TPSA) is 20.2 Å². The fourth-order valence-electron chi connectivity index (χ4n) is 3.70. The molecule has 0 amide bonds. The van der Waals surface area contributed by atoms with Gasteiger partial charge in [-0.3, -0.25) is 0 Å². The van der Waals surface area contributed by atoms with E-state index in [1.807, 2.05) is 6.92 Å². The molecule has 4 atom stereocenters. The van der Waals surface area contributed by atoms with Crippen LogP contribution in [0.15, 0.2) is 0 Å². The summed E-state index contributed by atoms with van der Waals surface area (Å²) < 4.78 is 75.6. The molecule has 19 heavy (non-hydrogen) atoms. The zero-order chi connectivity index (χ0) is 14.6. The van der Waals surface area contributed by atoms with Gasteiger partial charge in [0.2, 0.25) is 0 Å². The molecule has 0 aromatic heterocycles. The summed E-state index contributed by atoms with van der Waals surface area (Å²) in [5.74, 6) is -0.225. The highest BCUT2D eigenvalue weighted by molar-refractivity contribution is 5.01. The molecule has 2 aliphatic rings. The molecule has 0 aromatic carbocycles. The molecular formula is C12H16F6O. The molecule has 7 heteroatoms. The maximum atomic E-state index is 12.6. The lowest BCUT2D eigenvalue weighted by molar-refractivity contribution is -0.373. The van der Waals surface area contributed by atoms with Crippen molar-refractivity contribution in [2.24, 2.45) is 23.7 Å². The maximum absolute atomic E-state index is 12.6. The second kappa shape index (κ2) is 4.27. The maximum Gasteiger partial charge on any atom is 0.426 e. The summed E-state index contributed by atoms with van der Waals surface area (Å²) in [7, 11) is 0. The van der Waals surface area contributed by atoms with E-state index in [1.165, 1.54) is 0 Å². The normalized spacial score (nSPS) is 36.0. The van der Waals surface area contributed by atoms with Gasteiger partial charge in [0.15, 0.2) is 0 Å². The first-order valence-corrected chi connectivity index (χ1v) is 6.31. The van der Waals surface area contributed by atoms with Crippen LogP contribution in [0.1, 0.15) is 32.6 Å². The predicted octanol–water partition coefficient (Wildman–Crippen LogP) is 3.91. The summed E-state index contributed by atoms with van der Waals surface area (Å²) in [6, 6.07) is 0. The molecular weight excluding hydrogens is 274 g/mol. The third kappa shape index (κ3) is 2.34. The van der Waals surface area contributed by atoms with Crippen LogP contribution in [0.2, 0.25) is 0 Å². The lowest BCUT2D eigenvalue weighted by atomic mass is 9.77. The standard InChI is InChI=1S/C12H16F6O/c1-6-2-8-3-7(6)4-9(8)5-10(19,11(13,14)15)12(16,17)18/h6-9,19H,2-5H2,1H3/t6-,7?,8?,9?/m1/s1. The fourth-order valence-corrected chi connectivity index (χ4v) is 3.70. The molecule has 112 valence electrons. The molecule has 1 N–H and O–H groups in total. The van der Waals surface area contributed by atoms with Gasteiger partial charge in [-0.1, -0.05) is 6.92 Å². The molecule has 0 radical (unpaired) electrons. The third-order valence-corrected chi connectivity index (χ3v) is 4.85. The van der Waals surface area contributed by atoms with Crippen LogP contribution >= 0.6 is 0 Å². The molecule has 2 aliphatic carbocycles. The first-order valence-electron chi connectivity index (χ1n) is 6.31. The highest BCUT2D eigenvalue weighted by Gasteiger charge is 2.71. The Hall–Kier alpha value is -0.460. The van der Waals surface area contributed by atoms with E-state index in [1.54, 1.807) is 0 Å². The molecule has 0 aromatic rings. The SMILES string of the molecule is C[C@@H]1CC2CC1CC2CC(O)(C(F)(F)F)C(F)(F)F. The summed E-state index contributed by atoms with van der Waals surface area (Å²) in [4.78, 5) is 0. The fraction of sp³-hybridized carbons (Fsp3) is 1.00. The van der Waals surface area contributed by atoms with Crippen molar-refractivity contribution in [2.75, 3.05) is 0 Å². The van der Waals surface area contributed by atoms with Gasteiger partial charge in [0, 0.05) is 0 Å². The van der Waals surface area contributed by atoms with Crippen LogP contribution in [0.3, 0.4) is 0 Å². The molecule has 0 saturated heterocycles. The number of hydrogen-bond donors (Lipinski definition) is 1. The summed E-state index contributed by atoms with van der Waals surface area (Å²) in [6.45, 7) is 1.97. The van der Waals surface area contributed by atoms with Crippen molar-refractivity contribution in [3.05, 3.63) is 0 Å². The van der Waals surface area contributed by atoms with Crippen LogP contribution in [0.5, 0.6) is 0 Å². The second-order valence-electron chi connectivity index (χ2n) is 6.02. The van der Waals surface area contributed by atoms with Crippen LogP contribution in [0, 0.1) is 23.7 Å². The minimum Gasteiger partial charge on any atom is -0.374 e. The lowest BCUT2D eigenvalue weighted by Gasteiger charge is -2.37. The number of aliphatic hydroxyl groups is 1. The van der Waals surface area contributed by atoms with E-state index in [0.29, 0.717) is 25.2 Å². The number of hydrogen-bond acceptors (Lipinski definition) is 1. The van der Waals surface area contributed by atoms with Crippen molar-refractivity contribution in [3.8, 4) is 0 Å². The van der Waals surface area contributed by atoms with Gasteiger partial charge in [0.25, 0.3) is 5.60 Å². The molecule has 0 aliphatic heterocycles. The Labute approximate surface area is 107 Å². The van der Waals surface area contributed by atoms with E-state index < -0.39 is 30.3 Å². The quantitative estimate of drug-likeness (QED) is 0.764. The summed E-state index contributed by atoms with van der Waals surface area (Å²) in [5.41, 5.74) is -4.57. The monoisotopic (exact) mass is 290 g/mol. The highest BCUT2D eigenvalue weighted by Crippen LogP contribution is 2.56. The van der Waals surface area contributed by atoms with Gasteiger partial charge in [-0.25, -0.2) is 0 Å². The van der Waals surface area contributed by atoms with Gasteiger partial charge in [0.05, 0.1) is 0 Å². The second-order valence-corrected chi connectivity index (χ2v) is 6.02. The Morgan fingerprint density at radius 1 is 0.895 bits per heavy atom. The van der Waals surface area contributed by atoms with E-state index >= 15 is 0 Å². The van der Waals surface area contributed by atoms with E-state index in [-0.39, 0.29) is 11.8 Å². The molecule has 2 fully saturated rings. The van der Waals surface area contributed by atoms with Crippen LogP contribution in [0.4, 0.5) is 26.3 Å².